The molecule has 248 valence electrons. The minimum atomic E-state index is -1.56. The van der Waals surface area contributed by atoms with Crippen molar-refractivity contribution in [1.29, 1.82) is 5.26 Å². The first-order valence-electron chi connectivity index (χ1n) is 15.6. The monoisotopic (exact) mass is 723 g/mol. The lowest BCUT2D eigenvalue weighted by Crippen LogP contribution is -2.52. The van der Waals surface area contributed by atoms with Gasteiger partial charge in [0, 0.05) is 34.5 Å². The van der Waals surface area contributed by atoms with E-state index in [0.29, 0.717) is 34.7 Å². The van der Waals surface area contributed by atoms with Crippen LogP contribution < -0.4 is 15.4 Å². The molecule has 47 heavy (non-hydrogen) atoms. The van der Waals surface area contributed by atoms with Crippen LogP contribution in [0.15, 0.2) is 71.2 Å². The minimum Gasteiger partial charge on any atom is -0.598 e. The summed E-state index contributed by atoms with van der Waals surface area (Å²) in [5.41, 5.74) is 1.02. The van der Waals surface area contributed by atoms with Gasteiger partial charge < -0.3 is 25.2 Å². The molecule has 1 heterocycles. The number of nitrogens with one attached hydrogen (secondary N) is 3. The highest BCUT2D eigenvalue weighted by Gasteiger charge is 2.44. The molecular weight excluding hydrogens is 685 g/mol. The summed E-state index contributed by atoms with van der Waals surface area (Å²) in [6.07, 6.45) is 2.58. The first kappa shape index (κ1) is 34.9. The van der Waals surface area contributed by atoms with Crippen molar-refractivity contribution in [3.8, 4) is 6.07 Å². The third kappa shape index (κ3) is 8.34. The second-order valence-electron chi connectivity index (χ2n) is 13.2. The zero-order valence-corrected chi connectivity index (χ0v) is 29.0. The molecule has 0 bridgehead atoms. The van der Waals surface area contributed by atoms with Crippen LogP contribution in [0, 0.1) is 23.1 Å². The van der Waals surface area contributed by atoms with Crippen molar-refractivity contribution in [3.63, 3.8) is 0 Å². The van der Waals surface area contributed by atoms with Crippen LogP contribution in [-0.2, 0) is 21.7 Å². The molecule has 1 saturated carbocycles. The zero-order chi connectivity index (χ0) is 33.9. The van der Waals surface area contributed by atoms with Crippen LogP contribution in [0.3, 0.4) is 0 Å². The average Bonchev–Trinajstić information content (AvgIpc) is 3.79. The molecule has 1 saturated heterocycles. The van der Waals surface area contributed by atoms with E-state index in [9.17, 15) is 24.5 Å². The number of likely N-dealkylation sites (tertiary alicyclic amines) is 1. The first-order valence-corrected chi connectivity index (χ1v) is 17.6. The summed E-state index contributed by atoms with van der Waals surface area (Å²) in [4.78, 5) is 28.1. The Morgan fingerprint density at radius 1 is 1.09 bits per heavy atom. The van der Waals surface area contributed by atoms with E-state index in [4.69, 9.17) is 0 Å². The molecule has 2 fully saturated rings. The molecule has 1 aliphatic carbocycles. The Morgan fingerprint density at radius 2 is 1.79 bits per heavy atom. The van der Waals surface area contributed by atoms with Crippen LogP contribution in [0.1, 0.15) is 69.6 Å². The second kappa shape index (κ2) is 14.3. The molecule has 9 nitrogen and oxygen atoms in total. The summed E-state index contributed by atoms with van der Waals surface area (Å²) in [5.74, 6) is -0.823. The molecule has 3 aromatic rings. The normalized spacial score (nSPS) is 19.8. The molecule has 1 aliphatic heterocycles. The van der Waals surface area contributed by atoms with Crippen molar-refractivity contribution in [2.45, 2.75) is 75.3 Å². The highest BCUT2D eigenvalue weighted by atomic mass is 79.9. The van der Waals surface area contributed by atoms with Crippen molar-refractivity contribution in [3.05, 3.63) is 93.7 Å². The third-order valence-electron chi connectivity index (χ3n) is 8.59. The van der Waals surface area contributed by atoms with Gasteiger partial charge in [-0.3, -0.25) is 4.79 Å². The molecule has 5 rings (SSSR count). The number of rotatable bonds is 10. The number of nitriles is 1. The highest BCUT2D eigenvalue weighted by Crippen LogP contribution is 2.43. The Kier molecular flexibility index (Phi) is 10.6. The van der Waals surface area contributed by atoms with Crippen LogP contribution in [-0.4, -0.2) is 49.9 Å². The van der Waals surface area contributed by atoms with Crippen molar-refractivity contribution in [2.75, 3.05) is 17.2 Å². The number of carbonyl (C=O) groups is 2. The SMILES string of the molecule is CC(C)(C)[S@@+]([O-])N[C@](CCC1CC1)(c1cccc(C#N)c1)c1ccc(F)c(NC(=O)[C@H]2C[C@@H](O)CN2C(=O)Nc2ccc(Br)cc2)c1. The minimum absolute atomic E-state index is 0.0146. The van der Waals surface area contributed by atoms with Gasteiger partial charge in [0.25, 0.3) is 0 Å². The number of hydrogen-bond acceptors (Lipinski definition) is 6. The van der Waals surface area contributed by atoms with Gasteiger partial charge in [0.15, 0.2) is 0 Å². The highest BCUT2D eigenvalue weighted by molar-refractivity contribution is 9.10. The standard InChI is InChI=1S/C35H39BrFN5O4S/c1-34(2,3)47(46)41-35(16-15-22-7-8-22,24-6-4-5-23(17-24)20-38)25-9-14-29(37)30(18-25)40-32(44)31-19-28(43)21-42(31)33(45)39-27-12-10-26(36)11-13-27/h4-6,9-14,17-18,22,28,31,41,43H,7-8,15-16,19,21H2,1-3H3,(H,39,45)(H,40,44)/t28-,31-,35-,47-/m1/s1. The first-order chi connectivity index (χ1) is 22.3. The quantitative estimate of drug-likeness (QED) is 0.175. The van der Waals surface area contributed by atoms with Gasteiger partial charge in [-0.05, 0) is 99.2 Å². The summed E-state index contributed by atoms with van der Waals surface area (Å²) >= 11 is 1.79. The summed E-state index contributed by atoms with van der Waals surface area (Å²) in [5, 5.41) is 25.6. The number of β-amino-alcohol motifs (C(OH)–C–C–N with tert-alkyl or cyclic N) is 1. The fourth-order valence-electron chi connectivity index (χ4n) is 5.73. The molecule has 0 spiro atoms. The maximum absolute atomic E-state index is 15.5. The number of urea groups is 1. The van der Waals surface area contributed by atoms with Crippen LogP contribution in [0.5, 0.6) is 0 Å². The van der Waals surface area contributed by atoms with Crippen molar-refractivity contribution >= 4 is 50.6 Å². The molecule has 4 atom stereocenters. The van der Waals surface area contributed by atoms with Gasteiger partial charge in [0.05, 0.1) is 23.4 Å². The van der Waals surface area contributed by atoms with Crippen molar-refractivity contribution in [2.24, 2.45) is 5.92 Å². The molecule has 0 radical (unpaired) electrons. The fraction of sp³-hybridized carbons (Fsp3) is 0.400. The van der Waals surface area contributed by atoms with Crippen LogP contribution in [0.2, 0.25) is 0 Å². The number of aliphatic hydroxyl groups is 1. The second-order valence-corrected chi connectivity index (χ2v) is 16.1. The Balaban J connectivity index is 1.48. The van der Waals surface area contributed by atoms with Gasteiger partial charge in [-0.1, -0.05) is 47.0 Å². The van der Waals surface area contributed by atoms with Gasteiger partial charge in [-0.25, -0.2) is 9.18 Å². The van der Waals surface area contributed by atoms with E-state index in [0.717, 1.165) is 23.7 Å². The van der Waals surface area contributed by atoms with E-state index in [1.54, 1.807) is 48.5 Å². The molecule has 3 aromatic carbocycles. The Morgan fingerprint density at radius 3 is 2.45 bits per heavy atom. The van der Waals surface area contributed by atoms with E-state index in [1.807, 2.05) is 26.8 Å². The Hall–Kier alpha value is -3.47. The molecule has 4 N–H and O–H groups in total. The summed E-state index contributed by atoms with van der Waals surface area (Å²) in [6.45, 7) is 5.51. The largest absolute Gasteiger partial charge is 0.598 e. The van der Waals surface area contributed by atoms with Crippen LogP contribution in [0.4, 0.5) is 20.6 Å². The smallest absolute Gasteiger partial charge is 0.322 e. The Labute approximate surface area is 286 Å². The van der Waals surface area contributed by atoms with Crippen molar-refractivity contribution < 1.29 is 23.6 Å². The number of halogens is 2. The number of amides is 3. The summed E-state index contributed by atoms with van der Waals surface area (Å²) < 4.78 is 32.8. The fourth-order valence-corrected chi connectivity index (χ4v) is 6.96. The lowest BCUT2D eigenvalue weighted by Gasteiger charge is -2.39. The van der Waals surface area contributed by atoms with E-state index >= 15 is 4.39 Å². The van der Waals surface area contributed by atoms with Crippen molar-refractivity contribution in [1.82, 2.24) is 9.62 Å². The lowest BCUT2D eigenvalue weighted by atomic mass is 9.79. The third-order valence-corrected chi connectivity index (χ3v) is 10.8. The predicted molar refractivity (Wildman–Crippen MR) is 184 cm³/mol. The number of anilines is 2. The van der Waals surface area contributed by atoms with Gasteiger partial charge in [0.2, 0.25) is 5.91 Å². The number of benzene rings is 3. The molecule has 2 aliphatic rings. The molecule has 12 heteroatoms. The average molecular weight is 725 g/mol. The van der Waals surface area contributed by atoms with E-state index in [1.165, 1.54) is 17.0 Å². The lowest BCUT2D eigenvalue weighted by molar-refractivity contribution is -0.119. The topological polar surface area (TPSA) is 141 Å². The number of aliphatic hydroxyl groups excluding tert-OH is 1. The maximum atomic E-state index is 15.5. The van der Waals surface area contributed by atoms with E-state index < -0.39 is 51.5 Å². The molecular formula is C35H39BrFN5O4S. The number of carbonyl (C=O) groups excluding carboxylic acids is 2. The number of hydrogen-bond donors (Lipinski definition) is 4. The van der Waals surface area contributed by atoms with Gasteiger partial charge in [0.1, 0.15) is 22.1 Å². The molecule has 0 aromatic heterocycles. The predicted octanol–water partition coefficient (Wildman–Crippen LogP) is 6.55. The van der Waals surface area contributed by atoms with Gasteiger partial charge in [-0.2, -0.15) is 5.26 Å². The maximum Gasteiger partial charge on any atom is 0.322 e. The summed E-state index contributed by atoms with van der Waals surface area (Å²) in [7, 11) is 0. The van der Waals surface area contributed by atoms with Crippen LogP contribution >= 0.6 is 15.9 Å². The zero-order valence-electron chi connectivity index (χ0n) is 26.6. The summed E-state index contributed by atoms with van der Waals surface area (Å²) in [6, 6.07) is 19.0. The molecule has 0 unspecified atom stereocenters. The van der Waals surface area contributed by atoms with Gasteiger partial charge in [-0.15, -0.1) is 4.72 Å². The molecule has 3 amide bonds. The van der Waals surface area contributed by atoms with E-state index in [2.05, 4.69) is 37.4 Å². The van der Waals surface area contributed by atoms with Gasteiger partial charge >= 0.3 is 6.03 Å². The number of nitrogens with zero attached hydrogens (tertiary/aromatic N) is 2. The van der Waals surface area contributed by atoms with E-state index in [-0.39, 0.29) is 18.7 Å². The Bertz CT molecular complexity index is 1660. The van der Waals surface area contributed by atoms with Crippen LogP contribution in [0.25, 0.3) is 0 Å².